The smallest absolute Gasteiger partial charge is 0.317 e. The predicted octanol–water partition coefficient (Wildman–Crippen LogP) is 1.84. The molecule has 0 aliphatic rings. The van der Waals surface area contributed by atoms with E-state index < -0.39 is 11.4 Å². The van der Waals surface area contributed by atoms with Gasteiger partial charge in [0.1, 0.15) is 11.5 Å². The molecule has 1 aromatic rings. The highest BCUT2D eigenvalue weighted by molar-refractivity contribution is 5.77. The van der Waals surface area contributed by atoms with Gasteiger partial charge in [0, 0.05) is 13.6 Å². The number of hydrogen-bond donors (Lipinski definition) is 2. The van der Waals surface area contributed by atoms with E-state index in [9.17, 15) is 9.59 Å². The average Bonchev–Trinajstić information content (AvgIpc) is 2.71. The largest absolute Gasteiger partial charge is 0.481 e. The monoisotopic (exact) mass is 268 g/mol. The molecule has 0 spiro atoms. The Balaban J connectivity index is 2.47. The van der Waals surface area contributed by atoms with Crippen molar-refractivity contribution in [1.82, 2.24) is 10.2 Å². The number of nitrogens with zero attached hydrogens (tertiary/aromatic N) is 1. The van der Waals surface area contributed by atoms with Crippen molar-refractivity contribution < 1.29 is 19.1 Å². The van der Waals surface area contributed by atoms with Crippen molar-refractivity contribution in [3.8, 4) is 0 Å². The van der Waals surface area contributed by atoms with Crippen LogP contribution in [0.3, 0.4) is 0 Å². The van der Waals surface area contributed by atoms with Crippen molar-refractivity contribution in [1.29, 1.82) is 0 Å². The Morgan fingerprint density at radius 2 is 2.05 bits per heavy atom. The molecule has 6 heteroatoms. The molecular formula is C13H20N2O4. The Morgan fingerprint density at radius 3 is 2.53 bits per heavy atom. The summed E-state index contributed by atoms with van der Waals surface area (Å²) in [7, 11) is 1.63. The van der Waals surface area contributed by atoms with E-state index in [1.165, 1.54) is 4.90 Å². The molecule has 6 nitrogen and oxygen atoms in total. The number of amides is 2. The maximum Gasteiger partial charge on any atom is 0.317 e. The van der Waals surface area contributed by atoms with Crippen LogP contribution in [-0.2, 0) is 11.3 Å². The van der Waals surface area contributed by atoms with E-state index in [1.54, 1.807) is 27.0 Å². The standard InChI is InChI=1S/C13H20N2O4/c1-9-5-6-10(19-9)7-15(4)12(18)14-8-13(2,3)11(16)17/h5-6H,7-8H2,1-4H3,(H,14,18)(H,16,17). The van der Waals surface area contributed by atoms with Crippen molar-refractivity contribution in [2.75, 3.05) is 13.6 Å². The second-order valence-corrected chi connectivity index (χ2v) is 5.22. The highest BCUT2D eigenvalue weighted by Gasteiger charge is 2.28. The Bertz CT molecular complexity index is 465. The maximum atomic E-state index is 11.8. The SMILES string of the molecule is Cc1ccc(CN(C)C(=O)NCC(C)(C)C(=O)O)o1. The fourth-order valence-corrected chi connectivity index (χ4v) is 1.38. The second kappa shape index (κ2) is 5.77. The van der Waals surface area contributed by atoms with Crippen molar-refractivity contribution in [3.63, 3.8) is 0 Å². The molecule has 1 rings (SSSR count). The number of urea groups is 1. The normalized spacial score (nSPS) is 11.2. The first-order chi connectivity index (χ1) is 8.72. The van der Waals surface area contributed by atoms with Crippen molar-refractivity contribution in [2.24, 2.45) is 5.41 Å². The van der Waals surface area contributed by atoms with Gasteiger partial charge < -0.3 is 19.7 Å². The number of rotatable bonds is 5. The minimum atomic E-state index is -0.988. The van der Waals surface area contributed by atoms with E-state index >= 15 is 0 Å². The summed E-state index contributed by atoms with van der Waals surface area (Å²) in [5, 5.41) is 11.5. The summed E-state index contributed by atoms with van der Waals surface area (Å²) in [5.41, 5.74) is -0.988. The molecule has 19 heavy (non-hydrogen) atoms. The van der Waals surface area contributed by atoms with Crippen LogP contribution in [0.2, 0.25) is 0 Å². The fraction of sp³-hybridized carbons (Fsp3) is 0.538. The average molecular weight is 268 g/mol. The number of carboxylic acid groups (broad SMARTS) is 1. The van der Waals surface area contributed by atoms with E-state index in [1.807, 2.05) is 13.0 Å². The quantitative estimate of drug-likeness (QED) is 0.853. The Morgan fingerprint density at radius 1 is 1.42 bits per heavy atom. The molecule has 0 aromatic carbocycles. The summed E-state index contributed by atoms with van der Waals surface area (Å²) in [4.78, 5) is 24.2. The molecule has 0 atom stereocenters. The van der Waals surface area contributed by atoms with Crippen LogP contribution in [0.1, 0.15) is 25.4 Å². The molecule has 0 radical (unpaired) electrons. The number of carboxylic acids is 1. The molecule has 0 bridgehead atoms. The van der Waals surface area contributed by atoms with Gasteiger partial charge in [-0.1, -0.05) is 0 Å². The highest BCUT2D eigenvalue weighted by Crippen LogP contribution is 2.13. The van der Waals surface area contributed by atoms with Crippen LogP contribution in [-0.4, -0.2) is 35.6 Å². The molecule has 1 aromatic heterocycles. The summed E-state index contributed by atoms with van der Waals surface area (Å²) in [6.07, 6.45) is 0. The molecular weight excluding hydrogens is 248 g/mol. The Kier molecular flexibility index (Phi) is 4.58. The Labute approximate surface area is 112 Å². The highest BCUT2D eigenvalue weighted by atomic mass is 16.4. The number of hydrogen-bond acceptors (Lipinski definition) is 3. The van der Waals surface area contributed by atoms with Crippen LogP contribution in [0, 0.1) is 12.3 Å². The third-order valence-corrected chi connectivity index (χ3v) is 2.80. The third kappa shape index (κ3) is 4.31. The molecule has 2 N–H and O–H groups in total. The van der Waals surface area contributed by atoms with Crippen LogP contribution in [0.4, 0.5) is 4.79 Å². The predicted molar refractivity (Wildman–Crippen MR) is 69.7 cm³/mol. The number of aliphatic carboxylic acids is 1. The zero-order chi connectivity index (χ0) is 14.6. The zero-order valence-corrected chi connectivity index (χ0v) is 11.7. The van der Waals surface area contributed by atoms with Crippen molar-refractivity contribution in [3.05, 3.63) is 23.7 Å². The number of nitrogens with one attached hydrogen (secondary N) is 1. The lowest BCUT2D eigenvalue weighted by molar-refractivity contribution is -0.146. The molecule has 1 heterocycles. The van der Waals surface area contributed by atoms with Gasteiger partial charge in [-0.05, 0) is 32.9 Å². The van der Waals surface area contributed by atoms with Gasteiger partial charge in [0.2, 0.25) is 0 Å². The maximum absolute atomic E-state index is 11.8. The third-order valence-electron chi connectivity index (χ3n) is 2.80. The molecule has 106 valence electrons. The number of carbonyl (C=O) groups excluding carboxylic acids is 1. The van der Waals surface area contributed by atoms with Gasteiger partial charge >= 0.3 is 12.0 Å². The summed E-state index contributed by atoms with van der Waals surface area (Å²) in [6, 6.07) is 3.30. The molecule has 0 saturated carbocycles. The first-order valence-electron chi connectivity index (χ1n) is 6.00. The van der Waals surface area contributed by atoms with E-state index in [0.29, 0.717) is 12.3 Å². The van der Waals surface area contributed by atoms with Gasteiger partial charge in [-0.3, -0.25) is 4.79 Å². The molecule has 0 aliphatic heterocycles. The first-order valence-corrected chi connectivity index (χ1v) is 6.00. The van der Waals surface area contributed by atoms with Gasteiger partial charge in [-0.2, -0.15) is 0 Å². The minimum Gasteiger partial charge on any atom is -0.481 e. The molecule has 0 fully saturated rings. The first kappa shape index (κ1) is 15.1. The number of aryl methyl sites for hydroxylation is 1. The Hall–Kier alpha value is -1.98. The van der Waals surface area contributed by atoms with Crippen LogP contribution >= 0.6 is 0 Å². The molecule has 2 amide bonds. The van der Waals surface area contributed by atoms with Crippen LogP contribution < -0.4 is 5.32 Å². The van der Waals surface area contributed by atoms with E-state index in [-0.39, 0.29) is 12.6 Å². The topological polar surface area (TPSA) is 82.8 Å². The summed E-state index contributed by atoms with van der Waals surface area (Å²) in [5.74, 6) is 0.528. The lowest BCUT2D eigenvalue weighted by atomic mass is 9.94. The van der Waals surface area contributed by atoms with Gasteiger partial charge in [0.15, 0.2) is 0 Å². The van der Waals surface area contributed by atoms with Gasteiger partial charge in [0.05, 0.1) is 12.0 Å². The number of carbonyl (C=O) groups is 2. The summed E-state index contributed by atoms with van der Waals surface area (Å²) < 4.78 is 5.37. The molecule has 0 unspecified atom stereocenters. The lowest BCUT2D eigenvalue weighted by Crippen LogP contribution is -2.43. The molecule has 0 saturated heterocycles. The fourth-order valence-electron chi connectivity index (χ4n) is 1.38. The van der Waals surface area contributed by atoms with Gasteiger partial charge in [-0.25, -0.2) is 4.79 Å². The summed E-state index contributed by atoms with van der Waals surface area (Å²) >= 11 is 0. The van der Waals surface area contributed by atoms with Gasteiger partial charge in [-0.15, -0.1) is 0 Å². The van der Waals surface area contributed by atoms with E-state index in [0.717, 1.165) is 5.76 Å². The van der Waals surface area contributed by atoms with Crippen LogP contribution in [0.15, 0.2) is 16.5 Å². The van der Waals surface area contributed by atoms with Crippen LogP contribution in [0.5, 0.6) is 0 Å². The van der Waals surface area contributed by atoms with E-state index in [4.69, 9.17) is 9.52 Å². The molecule has 0 aliphatic carbocycles. The lowest BCUT2D eigenvalue weighted by Gasteiger charge is -2.22. The van der Waals surface area contributed by atoms with Crippen molar-refractivity contribution in [2.45, 2.75) is 27.3 Å². The minimum absolute atomic E-state index is 0.0721. The number of furan rings is 1. The zero-order valence-electron chi connectivity index (χ0n) is 11.7. The van der Waals surface area contributed by atoms with Crippen molar-refractivity contribution >= 4 is 12.0 Å². The van der Waals surface area contributed by atoms with Gasteiger partial charge in [0.25, 0.3) is 0 Å². The van der Waals surface area contributed by atoms with E-state index in [2.05, 4.69) is 5.32 Å². The second-order valence-electron chi connectivity index (χ2n) is 5.22. The van der Waals surface area contributed by atoms with Crippen LogP contribution in [0.25, 0.3) is 0 Å². The summed E-state index contributed by atoms with van der Waals surface area (Å²) in [6.45, 7) is 5.37.